The molecule has 0 aliphatic rings. The maximum atomic E-state index is 10.3. The van der Waals surface area contributed by atoms with Crippen LogP contribution in [0, 0.1) is 6.92 Å². The number of hydrogen-bond donors (Lipinski definition) is 2. The van der Waals surface area contributed by atoms with Crippen LogP contribution in [-0.2, 0) is 0 Å². The van der Waals surface area contributed by atoms with Gasteiger partial charge >= 0.3 is 0 Å². The monoisotopic (exact) mass is 384 g/mol. The summed E-state index contributed by atoms with van der Waals surface area (Å²) < 4.78 is 5.17. The van der Waals surface area contributed by atoms with Crippen molar-refractivity contribution in [3.63, 3.8) is 0 Å². The minimum absolute atomic E-state index is 0.0880. The molecule has 0 spiro atoms. The average Bonchev–Trinajstić information content (AvgIpc) is 2.76. The number of rotatable bonds is 4. The van der Waals surface area contributed by atoms with Crippen molar-refractivity contribution in [2.45, 2.75) is 6.92 Å². The average molecular weight is 384 g/mol. The molecule has 0 saturated carbocycles. The zero-order chi connectivity index (χ0) is 20.4. The molecule has 0 aliphatic carbocycles. The number of phenols is 2. The van der Waals surface area contributed by atoms with Crippen LogP contribution in [0.15, 0.2) is 73.1 Å². The lowest BCUT2D eigenvalue weighted by molar-refractivity contribution is 0.374. The predicted molar refractivity (Wildman–Crippen MR) is 113 cm³/mol. The van der Waals surface area contributed by atoms with Crippen LogP contribution in [0.4, 0.5) is 0 Å². The first-order valence-corrected chi connectivity index (χ1v) is 9.15. The van der Waals surface area contributed by atoms with Gasteiger partial charge in [-0.1, -0.05) is 35.9 Å². The van der Waals surface area contributed by atoms with Gasteiger partial charge in [0.2, 0.25) is 0 Å². The molecular weight excluding hydrogens is 364 g/mol. The van der Waals surface area contributed by atoms with Gasteiger partial charge < -0.3 is 14.9 Å². The molecule has 5 nitrogen and oxygen atoms in total. The second-order valence-corrected chi connectivity index (χ2v) is 6.74. The van der Waals surface area contributed by atoms with E-state index in [4.69, 9.17) is 4.74 Å². The fraction of sp³-hybridized carbons (Fsp3) is 0.0833. The second kappa shape index (κ2) is 7.64. The number of hydrogen-bond acceptors (Lipinski definition) is 5. The van der Waals surface area contributed by atoms with Crippen molar-refractivity contribution in [3.05, 3.63) is 78.6 Å². The summed E-state index contributed by atoms with van der Waals surface area (Å²) >= 11 is 0. The van der Waals surface area contributed by atoms with Gasteiger partial charge in [0.1, 0.15) is 5.75 Å². The van der Waals surface area contributed by atoms with Crippen LogP contribution in [0.5, 0.6) is 17.2 Å². The Bertz CT molecular complexity index is 1150. The molecule has 0 bridgehead atoms. The summed E-state index contributed by atoms with van der Waals surface area (Å²) in [6.07, 6.45) is 3.43. The van der Waals surface area contributed by atoms with E-state index in [1.54, 1.807) is 24.5 Å². The van der Waals surface area contributed by atoms with Crippen molar-refractivity contribution in [2.75, 3.05) is 7.11 Å². The quantitative estimate of drug-likeness (QED) is 0.505. The second-order valence-electron chi connectivity index (χ2n) is 6.74. The van der Waals surface area contributed by atoms with E-state index in [1.807, 2.05) is 55.5 Å². The summed E-state index contributed by atoms with van der Waals surface area (Å²) in [5.41, 5.74) is 5.54. The predicted octanol–water partition coefficient (Wildman–Crippen LogP) is 5.21. The van der Waals surface area contributed by atoms with E-state index >= 15 is 0 Å². The number of benzene rings is 2. The summed E-state index contributed by atoms with van der Waals surface area (Å²) in [5.74, 6) is 0.735. The van der Waals surface area contributed by atoms with Crippen LogP contribution in [0.3, 0.4) is 0 Å². The van der Waals surface area contributed by atoms with Crippen LogP contribution in [0.1, 0.15) is 5.56 Å². The molecule has 5 heteroatoms. The van der Waals surface area contributed by atoms with Crippen molar-refractivity contribution >= 4 is 0 Å². The fourth-order valence-electron chi connectivity index (χ4n) is 3.21. The van der Waals surface area contributed by atoms with Gasteiger partial charge in [-0.3, -0.25) is 9.97 Å². The zero-order valence-corrected chi connectivity index (χ0v) is 16.1. The van der Waals surface area contributed by atoms with Gasteiger partial charge in [-0.05, 0) is 37.3 Å². The lowest BCUT2D eigenvalue weighted by atomic mass is 10.0. The Hall–Kier alpha value is -3.86. The van der Waals surface area contributed by atoms with Crippen molar-refractivity contribution in [3.8, 4) is 50.9 Å². The highest BCUT2D eigenvalue weighted by atomic mass is 16.5. The molecule has 0 fully saturated rings. The van der Waals surface area contributed by atoms with E-state index in [-0.39, 0.29) is 11.5 Å². The summed E-state index contributed by atoms with van der Waals surface area (Å²) in [6.45, 7) is 1.98. The van der Waals surface area contributed by atoms with Crippen LogP contribution in [0.25, 0.3) is 33.6 Å². The Morgan fingerprint density at radius 1 is 0.759 bits per heavy atom. The first-order valence-electron chi connectivity index (χ1n) is 9.15. The highest BCUT2D eigenvalue weighted by molar-refractivity contribution is 5.75. The van der Waals surface area contributed by atoms with Crippen LogP contribution in [-0.4, -0.2) is 27.3 Å². The minimum Gasteiger partial charge on any atom is -0.507 e. The van der Waals surface area contributed by atoms with Gasteiger partial charge in [-0.2, -0.15) is 0 Å². The Balaban J connectivity index is 1.62. The lowest BCUT2D eigenvalue weighted by Crippen LogP contribution is -1.90. The summed E-state index contributed by atoms with van der Waals surface area (Å²) in [5, 5.41) is 20.4. The number of aryl methyl sites for hydroxylation is 1. The van der Waals surface area contributed by atoms with Crippen molar-refractivity contribution in [1.82, 2.24) is 9.97 Å². The van der Waals surface area contributed by atoms with Gasteiger partial charge in [0.25, 0.3) is 0 Å². The maximum absolute atomic E-state index is 10.3. The summed E-state index contributed by atoms with van der Waals surface area (Å²) in [4.78, 5) is 8.99. The van der Waals surface area contributed by atoms with Gasteiger partial charge in [0.15, 0.2) is 11.5 Å². The number of aromatic nitrogens is 2. The van der Waals surface area contributed by atoms with E-state index in [1.165, 1.54) is 7.11 Å². The molecule has 0 saturated heterocycles. The Morgan fingerprint density at radius 3 is 2.00 bits per heavy atom. The highest BCUT2D eigenvalue weighted by Gasteiger charge is 2.11. The molecule has 0 unspecified atom stereocenters. The molecule has 4 aromatic rings. The largest absolute Gasteiger partial charge is 0.507 e. The number of aromatic hydroxyl groups is 2. The first-order chi connectivity index (χ1) is 14.1. The van der Waals surface area contributed by atoms with E-state index in [9.17, 15) is 10.2 Å². The topological polar surface area (TPSA) is 75.5 Å². The molecular formula is C24H20N2O3. The smallest absolute Gasteiger partial charge is 0.165 e. The third-order valence-electron chi connectivity index (χ3n) is 4.78. The minimum atomic E-state index is 0.0880. The SMILES string of the molecule is COc1cccc(-c2ccc(-c3ccc(-c4cc(C)ccc4O)cn3)nc2)c1O. The molecule has 144 valence electrons. The van der Waals surface area contributed by atoms with Gasteiger partial charge in [0, 0.05) is 34.6 Å². The van der Waals surface area contributed by atoms with Crippen molar-refractivity contribution in [2.24, 2.45) is 0 Å². The number of phenolic OH excluding ortho intramolecular Hbond substituents is 2. The third kappa shape index (κ3) is 3.62. The van der Waals surface area contributed by atoms with E-state index in [0.717, 1.165) is 33.6 Å². The number of pyridine rings is 2. The molecule has 2 N–H and O–H groups in total. The lowest BCUT2D eigenvalue weighted by Gasteiger charge is -2.09. The van der Waals surface area contributed by atoms with Crippen LogP contribution >= 0.6 is 0 Å². The molecule has 2 aromatic carbocycles. The summed E-state index contributed by atoms with van der Waals surface area (Å²) in [6, 6.07) is 18.4. The molecule has 4 rings (SSSR count). The third-order valence-corrected chi connectivity index (χ3v) is 4.78. The normalized spacial score (nSPS) is 10.7. The van der Waals surface area contributed by atoms with E-state index < -0.39 is 0 Å². The zero-order valence-electron chi connectivity index (χ0n) is 16.1. The molecule has 29 heavy (non-hydrogen) atoms. The van der Waals surface area contributed by atoms with Crippen LogP contribution < -0.4 is 4.74 Å². The molecule has 0 atom stereocenters. The molecule has 2 aromatic heterocycles. The fourth-order valence-corrected chi connectivity index (χ4v) is 3.21. The molecule has 0 radical (unpaired) electrons. The van der Waals surface area contributed by atoms with Gasteiger partial charge in [-0.25, -0.2) is 0 Å². The van der Waals surface area contributed by atoms with E-state index in [0.29, 0.717) is 11.3 Å². The van der Waals surface area contributed by atoms with Gasteiger partial charge in [0.05, 0.1) is 18.5 Å². The van der Waals surface area contributed by atoms with Gasteiger partial charge in [-0.15, -0.1) is 0 Å². The number of nitrogens with zero attached hydrogens (tertiary/aromatic N) is 2. The van der Waals surface area contributed by atoms with Crippen molar-refractivity contribution < 1.29 is 14.9 Å². The Kier molecular flexibility index (Phi) is 4.87. The number of methoxy groups -OCH3 is 1. The molecule has 0 aliphatic heterocycles. The number of ether oxygens (including phenoxy) is 1. The Labute approximate surface area is 168 Å². The highest BCUT2D eigenvalue weighted by Crippen LogP contribution is 2.37. The standard InChI is InChI=1S/C24H20N2O3/c1-15-6-11-22(27)19(12-15)17-8-10-21(26-14-17)20-9-7-16(13-25-20)18-4-3-5-23(29-2)24(18)28/h3-14,27-28H,1-2H3. The maximum Gasteiger partial charge on any atom is 0.165 e. The van der Waals surface area contributed by atoms with E-state index in [2.05, 4.69) is 9.97 Å². The van der Waals surface area contributed by atoms with Crippen molar-refractivity contribution in [1.29, 1.82) is 0 Å². The Morgan fingerprint density at radius 2 is 1.41 bits per heavy atom. The summed E-state index contributed by atoms with van der Waals surface area (Å²) in [7, 11) is 1.52. The molecule has 2 heterocycles. The molecule has 0 amide bonds. The van der Waals surface area contributed by atoms with Crippen LogP contribution in [0.2, 0.25) is 0 Å². The number of para-hydroxylation sites is 1. The first kappa shape index (κ1) is 18.5.